The zero-order valence-electron chi connectivity index (χ0n) is 11.2. The minimum absolute atomic E-state index is 0.101. The average Bonchev–Trinajstić information content (AvgIpc) is 2.46. The molecule has 2 heterocycles. The number of ether oxygens (including phenoxy) is 2. The topological polar surface area (TPSA) is 50.8 Å². The summed E-state index contributed by atoms with van der Waals surface area (Å²) in [7, 11) is 0. The van der Waals surface area contributed by atoms with Gasteiger partial charge in [0.25, 0.3) is 5.91 Å². The lowest BCUT2D eigenvalue weighted by Crippen LogP contribution is -2.50. The first-order valence-electron chi connectivity index (χ1n) is 7.02. The molecule has 0 saturated carbocycles. The van der Waals surface area contributed by atoms with Crippen LogP contribution in [0.1, 0.15) is 26.2 Å². The third-order valence-electron chi connectivity index (χ3n) is 3.58. The minimum atomic E-state index is -0.376. The standard InChI is InChI=1S/C13H24N2O3/c1-2-5-14-11-3-6-15(7-4-11)13(16)12-10-17-8-9-18-12/h11-12,14H,2-10H2,1H3. The zero-order chi connectivity index (χ0) is 12.8. The van der Waals surface area contributed by atoms with E-state index in [1.54, 1.807) is 0 Å². The number of hydrogen-bond donors (Lipinski definition) is 1. The first kappa shape index (κ1) is 13.8. The SMILES string of the molecule is CCCNC1CCN(C(=O)C2COCCO2)CC1. The van der Waals surface area contributed by atoms with E-state index < -0.39 is 0 Å². The normalized spacial score (nSPS) is 26.3. The summed E-state index contributed by atoms with van der Waals surface area (Å²) in [4.78, 5) is 14.1. The summed E-state index contributed by atoms with van der Waals surface area (Å²) in [5.41, 5.74) is 0. The van der Waals surface area contributed by atoms with Crippen molar-refractivity contribution >= 4 is 5.91 Å². The van der Waals surface area contributed by atoms with Gasteiger partial charge in [0.2, 0.25) is 0 Å². The molecule has 0 spiro atoms. The van der Waals surface area contributed by atoms with Crippen LogP contribution in [0.2, 0.25) is 0 Å². The summed E-state index contributed by atoms with van der Waals surface area (Å²) in [5.74, 6) is 0.101. The Balaban J connectivity index is 1.73. The molecule has 5 heteroatoms. The minimum Gasteiger partial charge on any atom is -0.376 e. The number of rotatable bonds is 4. The van der Waals surface area contributed by atoms with E-state index in [0.29, 0.717) is 25.9 Å². The second-order valence-corrected chi connectivity index (χ2v) is 4.99. The lowest BCUT2D eigenvalue weighted by molar-refractivity contribution is -0.159. The summed E-state index contributed by atoms with van der Waals surface area (Å²) in [6.45, 7) is 6.45. The second kappa shape index (κ2) is 7.07. The highest BCUT2D eigenvalue weighted by Crippen LogP contribution is 2.13. The van der Waals surface area contributed by atoms with Crippen LogP contribution >= 0.6 is 0 Å². The smallest absolute Gasteiger partial charge is 0.254 e. The van der Waals surface area contributed by atoms with Crippen LogP contribution in [0.4, 0.5) is 0 Å². The largest absolute Gasteiger partial charge is 0.376 e. The molecule has 0 aliphatic carbocycles. The number of nitrogens with zero attached hydrogens (tertiary/aromatic N) is 1. The fourth-order valence-corrected chi connectivity index (χ4v) is 2.49. The molecule has 0 aromatic heterocycles. The predicted octanol–water partition coefficient (Wildman–Crippen LogP) is 0.392. The quantitative estimate of drug-likeness (QED) is 0.790. The zero-order valence-corrected chi connectivity index (χ0v) is 11.2. The van der Waals surface area contributed by atoms with Crippen LogP contribution in [-0.4, -0.2) is 62.4 Å². The molecule has 2 rings (SSSR count). The molecule has 1 atom stereocenters. The molecule has 1 N–H and O–H groups in total. The van der Waals surface area contributed by atoms with E-state index in [2.05, 4.69) is 12.2 Å². The highest BCUT2D eigenvalue weighted by molar-refractivity contribution is 5.81. The van der Waals surface area contributed by atoms with E-state index in [1.165, 1.54) is 0 Å². The number of hydrogen-bond acceptors (Lipinski definition) is 4. The van der Waals surface area contributed by atoms with Gasteiger partial charge in [0.15, 0.2) is 6.10 Å². The van der Waals surface area contributed by atoms with Gasteiger partial charge in [0.05, 0.1) is 19.8 Å². The molecular formula is C13H24N2O3. The Morgan fingerprint density at radius 1 is 1.33 bits per heavy atom. The first-order chi connectivity index (χ1) is 8.81. The van der Waals surface area contributed by atoms with Gasteiger partial charge in [-0.2, -0.15) is 0 Å². The third-order valence-corrected chi connectivity index (χ3v) is 3.58. The Bertz CT molecular complexity index is 259. The van der Waals surface area contributed by atoms with Crippen molar-refractivity contribution in [1.29, 1.82) is 0 Å². The molecule has 2 aliphatic heterocycles. The average molecular weight is 256 g/mol. The lowest BCUT2D eigenvalue weighted by Gasteiger charge is -2.35. The van der Waals surface area contributed by atoms with Gasteiger partial charge in [-0.1, -0.05) is 6.92 Å². The number of nitrogens with one attached hydrogen (secondary N) is 1. The van der Waals surface area contributed by atoms with Crippen LogP contribution in [0.5, 0.6) is 0 Å². The highest BCUT2D eigenvalue weighted by atomic mass is 16.6. The highest BCUT2D eigenvalue weighted by Gasteiger charge is 2.30. The van der Waals surface area contributed by atoms with Gasteiger partial charge < -0.3 is 19.7 Å². The molecule has 1 unspecified atom stereocenters. The molecule has 18 heavy (non-hydrogen) atoms. The van der Waals surface area contributed by atoms with Gasteiger partial charge in [-0.15, -0.1) is 0 Å². The first-order valence-corrected chi connectivity index (χ1v) is 7.02. The molecule has 104 valence electrons. The summed E-state index contributed by atoms with van der Waals surface area (Å²) in [5, 5.41) is 3.52. The van der Waals surface area contributed by atoms with Crippen LogP contribution in [0, 0.1) is 0 Å². The van der Waals surface area contributed by atoms with E-state index in [4.69, 9.17) is 9.47 Å². The number of amides is 1. The maximum absolute atomic E-state index is 12.2. The van der Waals surface area contributed by atoms with E-state index >= 15 is 0 Å². The Morgan fingerprint density at radius 2 is 2.11 bits per heavy atom. The maximum atomic E-state index is 12.2. The Hall–Kier alpha value is -0.650. The molecule has 0 aromatic carbocycles. The molecule has 2 aliphatic rings. The summed E-state index contributed by atoms with van der Waals surface area (Å²) >= 11 is 0. The van der Waals surface area contributed by atoms with Gasteiger partial charge >= 0.3 is 0 Å². The monoisotopic (exact) mass is 256 g/mol. The van der Waals surface area contributed by atoms with Crippen molar-refractivity contribution in [2.24, 2.45) is 0 Å². The summed E-state index contributed by atoms with van der Waals surface area (Å²) < 4.78 is 10.7. The Kier molecular flexibility index (Phi) is 5.41. The maximum Gasteiger partial charge on any atom is 0.254 e. The molecule has 2 fully saturated rings. The number of piperidine rings is 1. The lowest BCUT2D eigenvalue weighted by atomic mass is 10.0. The molecule has 0 radical (unpaired) electrons. The summed E-state index contributed by atoms with van der Waals surface area (Å²) in [6, 6.07) is 0.567. The van der Waals surface area contributed by atoms with Gasteiger partial charge in [-0.05, 0) is 25.8 Å². The molecule has 1 amide bonds. The number of carbonyl (C=O) groups is 1. The fraction of sp³-hybridized carbons (Fsp3) is 0.923. The van der Waals surface area contributed by atoms with Crippen molar-refractivity contribution < 1.29 is 14.3 Å². The van der Waals surface area contributed by atoms with Crippen molar-refractivity contribution in [3.05, 3.63) is 0 Å². The second-order valence-electron chi connectivity index (χ2n) is 4.99. The predicted molar refractivity (Wildman–Crippen MR) is 68.5 cm³/mol. The number of likely N-dealkylation sites (tertiary alicyclic amines) is 1. The Morgan fingerprint density at radius 3 is 2.72 bits per heavy atom. The molecule has 5 nitrogen and oxygen atoms in total. The molecular weight excluding hydrogens is 232 g/mol. The van der Waals surface area contributed by atoms with Crippen molar-refractivity contribution in [1.82, 2.24) is 10.2 Å². The van der Waals surface area contributed by atoms with E-state index in [9.17, 15) is 4.79 Å². The van der Waals surface area contributed by atoms with Crippen LogP contribution in [0.3, 0.4) is 0 Å². The van der Waals surface area contributed by atoms with Crippen molar-refractivity contribution in [3.63, 3.8) is 0 Å². The van der Waals surface area contributed by atoms with Gasteiger partial charge in [-0.25, -0.2) is 0 Å². The van der Waals surface area contributed by atoms with E-state index in [1.807, 2.05) is 4.90 Å². The Labute approximate surface area is 109 Å². The van der Waals surface area contributed by atoms with Crippen LogP contribution < -0.4 is 5.32 Å². The van der Waals surface area contributed by atoms with Crippen molar-refractivity contribution in [3.8, 4) is 0 Å². The summed E-state index contributed by atoms with van der Waals surface area (Å²) in [6.07, 6.45) is 2.87. The van der Waals surface area contributed by atoms with Gasteiger partial charge in [-0.3, -0.25) is 4.79 Å². The molecule has 0 bridgehead atoms. The van der Waals surface area contributed by atoms with Gasteiger partial charge in [0, 0.05) is 19.1 Å². The van der Waals surface area contributed by atoms with Crippen LogP contribution in [0.15, 0.2) is 0 Å². The van der Waals surface area contributed by atoms with Crippen molar-refractivity contribution in [2.45, 2.75) is 38.3 Å². The van der Waals surface area contributed by atoms with Crippen LogP contribution in [-0.2, 0) is 14.3 Å². The van der Waals surface area contributed by atoms with E-state index in [0.717, 1.165) is 38.9 Å². The van der Waals surface area contributed by atoms with Crippen LogP contribution in [0.25, 0.3) is 0 Å². The molecule has 2 saturated heterocycles. The molecule has 0 aromatic rings. The van der Waals surface area contributed by atoms with Gasteiger partial charge in [0.1, 0.15) is 0 Å². The fourth-order valence-electron chi connectivity index (χ4n) is 2.49. The third kappa shape index (κ3) is 3.67. The van der Waals surface area contributed by atoms with E-state index in [-0.39, 0.29) is 12.0 Å². The van der Waals surface area contributed by atoms with Crippen molar-refractivity contribution in [2.75, 3.05) is 39.5 Å². The number of carbonyl (C=O) groups excluding carboxylic acids is 1.